The molecule has 1 saturated heterocycles. The van der Waals surface area contributed by atoms with Gasteiger partial charge in [0, 0.05) is 5.56 Å². The van der Waals surface area contributed by atoms with Crippen molar-refractivity contribution in [3.63, 3.8) is 0 Å². The fraction of sp³-hybridized carbons (Fsp3) is 0.364. The van der Waals surface area contributed by atoms with Crippen molar-refractivity contribution in [3.05, 3.63) is 42.5 Å². The van der Waals surface area contributed by atoms with Gasteiger partial charge in [-0.25, -0.2) is 15.0 Å². The van der Waals surface area contributed by atoms with E-state index in [-0.39, 0.29) is 28.3 Å². The first-order valence-corrected chi connectivity index (χ1v) is 10.4. The van der Waals surface area contributed by atoms with Crippen LogP contribution in [0.3, 0.4) is 0 Å². The largest absolute Gasteiger partial charge is 0.508 e. The van der Waals surface area contributed by atoms with E-state index in [0.717, 1.165) is 44.1 Å². The third-order valence-corrected chi connectivity index (χ3v) is 6.67. The number of fused-ring (bicyclic) bond motifs is 1. The zero-order chi connectivity index (χ0) is 26.0. The Balaban J connectivity index is 2.30. The number of Topliss-reactive ketones (excluding diaryl/α,β-unsaturated/α-hetero) is 3. The maximum absolute atomic E-state index is 13.3. The van der Waals surface area contributed by atoms with Crippen LogP contribution in [0, 0.1) is 0 Å². The minimum atomic E-state index is -3.30. The summed E-state index contributed by atoms with van der Waals surface area (Å²) < 4.78 is 7.11. The lowest BCUT2D eigenvalue weighted by molar-refractivity contribution is -0.195. The van der Waals surface area contributed by atoms with Crippen molar-refractivity contribution in [1.29, 1.82) is 0 Å². The molecule has 13 nitrogen and oxygen atoms in total. The van der Waals surface area contributed by atoms with E-state index in [1.807, 2.05) is 0 Å². The number of carbonyl (C=O) groups excluding carboxylic acids is 3. The average Bonchev–Trinajstić information content (AvgIpc) is 3.31. The summed E-state index contributed by atoms with van der Waals surface area (Å²) in [5.74, 6) is -3.91. The van der Waals surface area contributed by atoms with Crippen molar-refractivity contribution < 1.29 is 39.5 Å². The van der Waals surface area contributed by atoms with Crippen LogP contribution in [0.4, 0.5) is 5.82 Å². The number of imidazole rings is 1. The van der Waals surface area contributed by atoms with E-state index in [4.69, 9.17) is 10.5 Å². The van der Waals surface area contributed by atoms with Crippen LogP contribution in [0.1, 0.15) is 26.3 Å². The lowest BCUT2D eigenvalue weighted by Crippen LogP contribution is -2.75. The molecule has 35 heavy (non-hydrogen) atoms. The van der Waals surface area contributed by atoms with Gasteiger partial charge in [-0.3, -0.25) is 19.0 Å². The molecule has 0 spiro atoms. The van der Waals surface area contributed by atoms with Crippen LogP contribution in [-0.4, -0.2) is 80.7 Å². The standard InChI is InChI=1S/C22H23N5O8/c1-11(29)19(8-28)20(33,12(2)30)21(34,13(3)31)22(35-19,14-5-4-6-15(32)7-14)27-10-26-16-17(23)24-9-25-18(16)27/h4-7,9-10,28,32-34H,8H2,1-3H3,(H2,23,24,25)/t19-,20+,21+,22+/m0/s1. The number of phenolic OH excluding ortho intramolecular Hbond substituents is 1. The topological polar surface area (TPSA) is 211 Å². The number of benzene rings is 1. The number of phenols is 1. The number of carbonyl (C=O) groups is 3. The Morgan fingerprint density at radius 2 is 1.69 bits per heavy atom. The van der Waals surface area contributed by atoms with Crippen LogP contribution in [-0.2, 0) is 24.8 Å². The molecule has 184 valence electrons. The average molecular weight is 485 g/mol. The Kier molecular flexibility index (Phi) is 5.30. The van der Waals surface area contributed by atoms with Crippen LogP contribution >= 0.6 is 0 Å². The Hall–Kier alpha value is -3.78. The second kappa shape index (κ2) is 7.61. The lowest BCUT2D eigenvalue weighted by Gasteiger charge is -2.44. The summed E-state index contributed by atoms with van der Waals surface area (Å²) in [6, 6.07) is 5.04. The summed E-state index contributed by atoms with van der Waals surface area (Å²) in [6.45, 7) is 1.36. The molecule has 0 aliphatic carbocycles. The third-order valence-electron chi connectivity index (χ3n) is 6.67. The molecule has 1 fully saturated rings. The van der Waals surface area contributed by atoms with Gasteiger partial charge < -0.3 is 30.9 Å². The van der Waals surface area contributed by atoms with Gasteiger partial charge in [0.05, 0.1) is 12.9 Å². The first-order valence-electron chi connectivity index (χ1n) is 10.4. The van der Waals surface area contributed by atoms with Gasteiger partial charge >= 0.3 is 0 Å². The molecule has 3 heterocycles. The number of aliphatic hydroxyl groups is 3. The van der Waals surface area contributed by atoms with Crippen molar-refractivity contribution in [2.24, 2.45) is 0 Å². The number of aromatic hydroxyl groups is 1. The molecule has 6 N–H and O–H groups in total. The third kappa shape index (κ3) is 2.65. The fourth-order valence-corrected chi connectivity index (χ4v) is 4.98. The highest BCUT2D eigenvalue weighted by molar-refractivity contribution is 6.06. The molecular weight excluding hydrogens is 462 g/mol. The number of nitrogen functional groups attached to an aromatic ring is 1. The monoisotopic (exact) mass is 485 g/mol. The van der Waals surface area contributed by atoms with Crippen molar-refractivity contribution in [2.75, 3.05) is 12.3 Å². The Morgan fingerprint density at radius 3 is 2.23 bits per heavy atom. The van der Waals surface area contributed by atoms with E-state index in [9.17, 15) is 34.8 Å². The van der Waals surface area contributed by atoms with Gasteiger partial charge in [-0.2, -0.15) is 0 Å². The van der Waals surface area contributed by atoms with Gasteiger partial charge in [-0.05, 0) is 32.9 Å². The molecule has 1 aliphatic rings. The number of anilines is 1. The normalized spacial score (nSPS) is 30.5. The lowest BCUT2D eigenvalue weighted by atomic mass is 9.64. The van der Waals surface area contributed by atoms with E-state index in [0.29, 0.717) is 0 Å². The fourth-order valence-electron chi connectivity index (χ4n) is 4.98. The van der Waals surface area contributed by atoms with Crippen LogP contribution in [0.2, 0.25) is 0 Å². The molecule has 0 radical (unpaired) electrons. The minimum absolute atomic E-state index is 0.0113. The van der Waals surface area contributed by atoms with Crippen LogP contribution in [0.25, 0.3) is 11.2 Å². The molecule has 1 aromatic carbocycles. The maximum Gasteiger partial charge on any atom is 0.215 e. The predicted octanol–water partition coefficient (Wildman–Crippen LogP) is -1.19. The molecule has 3 aromatic rings. The van der Waals surface area contributed by atoms with E-state index < -0.39 is 46.5 Å². The molecule has 4 atom stereocenters. The smallest absolute Gasteiger partial charge is 0.215 e. The van der Waals surface area contributed by atoms with Gasteiger partial charge in [0.1, 0.15) is 17.6 Å². The first-order chi connectivity index (χ1) is 16.3. The summed E-state index contributed by atoms with van der Waals surface area (Å²) >= 11 is 0. The van der Waals surface area contributed by atoms with Crippen LogP contribution in [0.5, 0.6) is 5.75 Å². The van der Waals surface area contributed by atoms with Gasteiger partial charge in [0.15, 0.2) is 34.4 Å². The van der Waals surface area contributed by atoms with Crippen molar-refractivity contribution in [2.45, 2.75) is 43.3 Å². The number of rotatable bonds is 6. The molecule has 0 amide bonds. The Labute approximate surface area is 197 Å². The highest BCUT2D eigenvalue weighted by Crippen LogP contribution is 2.59. The quantitative estimate of drug-likeness (QED) is 0.279. The maximum atomic E-state index is 13.3. The number of aromatic nitrogens is 4. The SMILES string of the molecule is CC(=O)[C@@]1(O)[C@@](O)(C(C)=O)[C@](CO)(C(C)=O)O[C@@]1(c1cccc(O)c1)n1cnc2c(N)ncnc21. The molecule has 2 aromatic heterocycles. The number of nitrogens with two attached hydrogens (primary N) is 1. The van der Waals surface area contributed by atoms with Gasteiger partial charge in [-0.1, -0.05) is 12.1 Å². The van der Waals surface area contributed by atoms with Crippen LogP contribution < -0.4 is 5.73 Å². The van der Waals surface area contributed by atoms with E-state index >= 15 is 0 Å². The number of ether oxygens (including phenoxy) is 1. The van der Waals surface area contributed by atoms with Crippen molar-refractivity contribution >= 4 is 34.3 Å². The summed E-state index contributed by atoms with van der Waals surface area (Å²) in [5, 5.41) is 44.7. The highest BCUT2D eigenvalue weighted by atomic mass is 16.6. The number of ketones is 3. The number of aliphatic hydroxyl groups excluding tert-OH is 1. The molecule has 4 rings (SSSR count). The molecule has 0 unspecified atom stereocenters. The molecular formula is C22H23N5O8. The second-order valence-electron chi connectivity index (χ2n) is 8.42. The molecule has 0 bridgehead atoms. The van der Waals surface area contributed by atoms with Crippen molar-refractivity contribution in [3.8, 4) is 5.75 Å². The van der Waals surface area contributed by atoms with Gasteiger partial charge in [0.2, 0.25) is 16.9 Å². The first kappa shape index (κ1) is 24.3. The predicted molar refractivity (Wildman–Crippen MR) is 118 cm³/mol. The summed E-state index contributed by atoms with van der Waals surface area (Å²) in [6.07, 6.45) is 2.12. The summed E-state index contributed by atoms with van der Waals surface area (Å²) in [7, 11) is 0. The van der Waals surface area contributed by atoms with E-state index in [1.54, 1.807) is 0 Å². The van der Waals surface area contributed by atoms with E-state index in [1.165, 1.54) is 18.2 Å². The molecule has 0 saturated carbocycles. The van der Waals surface area contributed by atoms with Crippen molar-refractivity contribution in [1.82, 2.24) is 19.5 Å². The molecule has 1 aliphatic heterocycles. The Bertz CT molecular complexity index is 1390. The molecule has 13 heteroatoms. The zero-order valence-corrected chi connectivity index (χ0v) is 19.0. The van der Waals surface area contributed by atoms with Crippen LogP contribution in [0.15, 0.2) is 36.9 Å². The highest BCUT2D eigenvalue weighted by Gasteiger charge is 2.86. The summed E-state index contributed by atoms with van der Waals surface area (Å²) in [4.78, 5) is 51.3. The zero-order valence-electron chi connectivity index (χ0n) is 19.0. The number of hydrogen-bond acceptors (Lipinski definition) is 12. The second-order valence-corrected chi connectivity index (χ2v) is 8.42. The Morgan fingerprint density at radius 1 is 1.03 bits per heavy atom. The number of nitrogens with zero attached hydrogens (tertiary/aromatic N) is 4. The van der Waals surface area contributed by atoms with Gasteiger partial charge in [-0.15, -0.1) is 0 Å². The van der Waals surface area contributed by atoms with Gasteiger partial charge in [0.25, 0.3) is 0 Å². The number of hydrogen-bond donors (Lipinski definition) is 5. The summed E-state index contributed by atoms with van der Waals surface area (Å²) in [5.41, 5.74) is -6.42. The van der Waals surface area contributed by atoms with E-state index in [2.05, 4.69) is 15.0 Å². The minimum Gasteiger partial charge on any atom is -0.508 e.